The zero-order valence-corrected chi connectivity index (χ0v) is 11.2. The number of hydrogen-bond donors (Lipinski definition) is 2. The summed E-state index contributed by atoms with van der Waals surface area (Å²) < 4.78 is 1.77. The Labute approximate surface area is 120 Å². The van der Waals surface area contributed by atoms with Gasteiger partial charge in [-0.15, -0.1) is 0 Å². The van der Waals surface area contributed by atoms with Gasteiger partial charge in [-0.2, -0.15) is 5.10 Å². The molecule has 1 aromatic heterocycles. The van der Waals surface area contributed by atoms with Crippen molar-refractivity contribution < 1.29 is 9.72 Å². The van der Waals surface area contributed by atoms with Crippen molar-refractivity contribution in [3.05, 3.63) is 52.8 Å². The Morgan fingerprint density at radius 3 is 2.86 bits per heavy atom. The lowest BCUT2D eigenvalue weighted by molar-refractivity contribution is -0.383. The maximum absolute atomic E-state index is 11.7. The van der Waals surface area contributed by atoms with E-state index in [0.717, 1.165) is 0 Å². The van der Waals surface area contributed by atoms with Crippen LogP contribution < -0.4 is 10.6 Å². The normalized spacial score (nSPS) is 10.1. The molecule has 0 unspecified atom stereocenters. The molecule has 21 heavy (non-hydrogen) atoms. The maximum Gasteiger partial charge on any atom is 0.319 e. The molecule has 0 spiro atoms. The molecular formula is C13H15N5O3. The van der Waals surface area contributed by atoms with Gasteiger partial charge in [0.1, 0.15) is 5.69 Å². The first-order valence-electron chi connectivity index (χ1n) is 6.42. The molecule has 0 radical (unpaired) electrons. The molecular weight excluding hydrogens is 274 g/mol. The van der Waals surface area contributed by atoms with E-state index < -0.39 is 11.0 Å². The fourth-order valence-electron chi connectivity index (χ4n) is 1.78. The summed E-state index contributed by atoms with van der Waals surface area (Å²) >= 11 is 0. The molecule has 2 rings (SSSR count). The molecule has 0 aliphatic rings. The molecule has 0 saturated carbocycles. The number of urea groups is 1. The van der Waals surface area contributed by atoms with Gasteiger partial charge in [0, 0.05) is 31.5 Å². The SMILES string of the molecule is O=C(NCCCn1cccn1)Nc1ccccc1[N+](=O)[O-]. The van der Waals surface area contributed by atoms with Crippen molar-refractivity contribution >= 4 is 17.4 Å². The molecule has 1 heterocycles. The average Bonchev–Trinajstić information content (AvgIpc) is 2.97. The highest BCUT2D eigenvalue weighted by atomic mass is 16.6. The number of hydrogen-bond acceptors (Lipinski definition) is 4. The van der Waals surface area contributed by atoms with Crippen LogP contribution in [0.1, 0.15) is 6.42 Å². The number of amides is 2. The highest BCUT2D eigenvalue weighted by Gasteiger charge is 2.14. The van der Waals surface area contributed by atoms with E-state index in [1.54, 1.807) is 23.0 Å². The molecule has 110 valence electrons. The van der Waals surface area contributed by atoms with Gasteiger partial charge in [-0.3, -0.25) is 14.8 Å². The van der Waals surface area contributed by atoms with E-state index >= 15 is 0 Å². The van der Waals surface area contributed by atoms with Crippen LogP contribution in [-0.4, -0.2) is 27.3 Å². The van der Waals surface area contributed by atoms with Crippen LogP contribution in [0.3, 0.4) is 0 Å². The molecule has 0 atom stereocenters. The fourth-order valence-corrected chi connectivity index (χ4v) is 1.78. The van der Waals surface area contributed by atoms with Gasteiger partial charge < -0.3 is 10.6 Å². The molecule has 8 nitrogen and oxygen atoms in total. The summed E-state index contributed by atoms with van der Waals surface area (Å²) in [7, 11) is 0. The van der Waals surface area contributed by atoms with E-state index in [-0.39, 0.29) is 11.4 Å². The van der Waals surface area contributed by atoms with E-state index in [4.69, 9.17) is 0 Å². The summed E-state index contributed by atoms with van der Waals surface area (Å²) in [5, 5.41) is 20.0. The minimum atomic E-state index is -0.534. The Balaban J connectivity index is 1.78. The summed E-state index contributed by atoms with van der Waals surface area (Å²) in [5.74, 6) is 0. The lowest BCUT2D eigenvalue weighted by atomic mass is 10.3. The van der Waals surface area contributed by atoms with Gasteiger partial charge in [0.05, 0.1) is 4.92 Å². The summed E-state index contributed by atoms with van der Waals surface area (Å²) in [5.41, 5.74) is 0.0382. The fraction of sp³-hybridized carbons (Fsp3) is 0.231. The third-order valence-electron chi connectivity index (χ3n) is 2.76. The predicted octanol–water partition coefficient (Wildman–Crippen LogP) is 2.00. The van der Waals surface area contributed by atoms with Crippen molar-refractivity contribution in [1.29, 1.82) is 0 Å². The lowest BCUT2D eigenvalue weighted by Crippen LogP contribution is -2.30. The second-order valence-electron chi connectivity index (χ2n) is 4.28. The monoisotopic (exact) mass is 289 g/mol. The first kappa shape index (κ1) is 14.5. The van der Waals surface area contributed by atoms with Gasteiger partial charge in [0.25, 0.3) is 5.69 Å². The second kappa shape index (κ2) is 7.04. The zero-order valence-electron chi connectivity index (χ0n) is 11.2. The average molecular weight is 289 g/mol. The van der Waals surface area contributed by atoms with Crippen molar-refractivity contribution in [3.8, 4) is 0 Å². The van der Waals surface area contributed by atoms with E-state index in [0.29, 0.717) is 19.5 Å². The van der Waals surface area contributed by atoms with Crippen molar-refractivity contribution in [2.75, 3.05) is 11.9 Å². The molecule has 0 saturated heterocycles. The zero-order chi connectivity index (χ0) is 15.1. The number of aromatic nitrogens is 2. The van der Waals surface area contributed by atoms with Crippen LogP contribution in [0, 0.1) is 10.1 Å². The first-order chi connectivity index (χ1) is 10.2. The minimum absolute atomic E-state index is 0.135. The number of carbonyl (C=O) groups excluding carboxylic acids is 1. The van der Waals surface area contributed by atoms with Crippen LogP contribution in [0.2, 0.25) is 0 Å². The lowest BCUT2D eigenvalue weighted by Gasteiger charge is -2.08. The Hall–Kier alpha value is -2.90. The Bertz CT molecular complexity index is 612. The molecule has 2 amide bonds. The van der Waals surface area contributed by atoms with Crippen molar-refractivity contribution in [2.45, 2.75) is 13.0 Å². The second-order valence-corrected chi connectivity index (χ2v) is 4.28. The van der Waals surface area contributed by atoms with Gasteiger partial charge in [0.15, 0.2) is 0 Å². The van der Waals surface area contributed by atoms with Crippen LogP contribution in [0.4, 0.5) is 16.2 Å². The number of nitro benzene ring substituents is 1. The number of carbonyl (C=O) groups is 1. The Kier molecular flexibility index (Phi) is 4.86. The topological polar surface area (TPSA) is 102 Å². The molecule has 2 aromatic rings. The maximum atomic E-state index is 11.7. The van der Waals surface area contributed by atoms with Crippen molar-refractivity contribution in [1.82, 2.24) is 15.1 Å². The molecule has 1 aromatic carbocycles. The van der Waals surface area contributed by atoms with Gasteiger partial charge in [-0.05, 0) is 18.6 Å². The van der Waals surface area contributed by atoms with E-state index in [1.807, 2.05) is 12.3 Å². The summed E-state index contributed by atoms with van der Waals surface area (Å²) in [6.45, 7) is 1.14. The van der Waals surface area contributed by atoms with Gasteiger partial charge in [-0.1, -0.05) is 12.1 Å². The number of nitrogens with one attached hydrogen (secondary N) is 2. The van der Waals surface area contributed by atoms with Gasteiger partial charge in [-0.25, -0.2) is 4.79 Å². The number of rotatable bonds is 6. The van der Waals surface area contributed by atoms with Crippen LogP contribution in [-0.2, 0) is 6.54 Å². The third kappa shape index (κ3) is 4.30. The van der Waals surface area contributed by atoms with Crippen molar-refractivity contribution in [3.63, 3.8) is 0 Å². The third-order valence-corrected chi connectivity index (χ3v) is 2.76. The highest BCUT2D eigenvalue weighted by molar-refractivity contribution is 5.91. The number of benzene rings is 1. The van der Waals surface area contributed by atoms with Crippen LogP contribution >= 0.6 is 0 Å². The quantitative estimate of drug-likeness (QED) is 0.482. The van der Waals surface area contributed by atoms with E-state index in [9.17, 15) is 14.9 Å². The Morgan fingerprint density at radius 2 is 2.14 bits per heavy atom. The molecule has 0 aliphatic carbocycles. The predicted molar refractivity (Wildman–Crippen MR) is 77.0 cm³/mol. The van der Waals surface area contributed by atoms with Crippen molar-refractivity contribution in [2.24, 2.45) is 0 Å². The molecule has 0 fully saturated rings. The standard InChI is InChI=1S/C13H15N5O3/c19-13(14-7-3-9-17-10-4-8-15-17)16-11-5-1-2-6-12(11)18(20)21/h1-2,4-6,8,10H,3,7,9H2,(H2,14,16,19). The molecule has 8 heteroatoms. The number of anilines is 1. The summed E-state index contributed by atoms with van der Waals surface area (Å²) in [6, 6.07) is 7.36. The van der Waals surface area contributed by atoms with Gasteiger partial charge in [0.2, 0.25) is 0 Å². The van der Waals surface area contributed by atoms with Gasteiger partial charge >= 0.3 is 6.03 Å². The molecule has 0 bridgehead atoms. The van der Waals surface area contributed by atoms with Crippen LogP contribution in [0.5, 0.6) is 0 Å². The smallest absolute Gasteiger partial charge is 0.319 e. The summed E-state index contributed by atoms with van der Waals surface area (Å²) in [6.07, 6.45) is 4.24. The largest absolute Gasteiger partial charge is 0.338 e. The van der Waals surface area contributed by atoms with Crippen LogP contribution in [0.15, 0.2) is 42.7 Å². The van der Waals surface area contributed by atoms with E-state index in [2.05, 4.69) is 15.7 Å². The number of nitrogens with zero attached hydrogens (tertiary/aromatic N) is 3. The Morgan fingerprint density at radius 1 is 1.33 bits per heavy atom. The molecule has 0 aliphatic heterocycles. The van der Waals surface area contributed by atoms with Crippen LogP contribution in [0.25, 0.3) is 0 Å². The first-order valence-corrected chi connectivity index (χ1v) is 6.42. The number of para-hydroxylation sites is 2. The summed E-state index contributed by atoms with van der Waals surface area (Å²) in [4.78, 5) is 22.0. The highest BCUT2D eigenvalue weighted by Crippen LogP contribution is 2.22. The number of nitro groups is 1. The number of aryl methyl sites for hydroxylation is 1. The molecule has 2 N–H and O–H groups in total. The minimum Gasteiger partial charge on any atom is -0.338 e. The van der Waals surface area contributed by atoms with E-state index in [1.165, 1.54) is 12.1 Å².